The Morgan fingerprint density at radius 2 is 0.967 bits per heavy atom. The molecule has 2 heteroatoms. The largest absolute Gasteiger partial charge is 0.379 e. The minimum absolute atomic E-state index is 0.00675. The minimum Gasteiger partial charge on any atom is -0.379 e. The van der Waals surface area contributed by atoms with E-state index in [4.69, 9.17) is 0 Å². The Kier molecular flexibility index (Phi) is 4.96. The Labute approximate surface area is 178 Å². The zero-order chi connectivity index (χ0) is 20.4. The maximum Gasteiger partial charge on any atom is 0.131 e. The molecule has 1 heterocycles. The van der Waals surface area contributed by atoms with Crippen LogP contribution in [-0.4, -0.2) is 22.6 Å². The summed E-state index contributed by atoms with van der Waals surface area (Å²) in [6, 6.07) is 41.4. The number of hydrogen-bond acceptors (Lipinski definition) is 2. The van der Waals surface area contributed by atoms with E-state index in [0.29, 0.717) is 0 Å². The molecule has 0 spiro atoms. The van der Waals surface area contributed by atoms with Crippen molar-refractivity contribution in [3.63, 3.8) is 0 Å². The van der Waals surface area contributed by atoms with Crippen LogP contribution in [0.2, 0.25) is 0 Å². The van der Waals surface area contributed by atoms with Crippen molar-refractivity contribution >= 4 is 0 Å². The number of hydrogen-bond donors (Lipinski definition) is 1. The normalized spacial score (nSPS) is 18.3. The monoisotopic (exact) mass is 391 g/mol. The lowest BCUT2D eigenvalue weighted by Gasteiger charge is -2.32. The SMILES string of the molecule is OC(c1ccccc1)(c1ccccc1)C1CN1C(c1ccccc1)c1ccccc1. The van der Waals surface area contributed by atoms with Crippen LogP contribution in [0.1, 0.15) is 28.3 Å². The van der Waals surface area contributed by atoms with Crippen molar-refractivity contribution in [3.8, 4) is 0 Å². The third kappa shape index (κ3) is 3.35. The quantitative estimate of drug-likeness (QED) is 0.445. The van der Waals surface area contributed by atoms with Crippen molar-refractivity contribution in [2.24, 2.45) is 0 Å². The fourth-order valence-electron chi connectivity index (χ4n) is 4.59. The summed E-state index contributed by atoms with van der Waals surface area (Å²) in [5.41, 5.74) is 3.29. The predicted molar refractivity (Wildman–Crippen MR) is 121 cm³/mol. The number of rotatable bonds is 6. The van der Waals surface area contributed by atoms with Gasteiger partial charge in [0.1, 0.15) is 5.60 Å². The molecule has 2 atom stereocenters. The van der Waals surface area contributed by atoms with Gasteiger partial charge in [0.2, 0.25) is 0 Å². The summed E-state index contributed by atoms with van der Waals surface area (Å²) in [5, 5.41) is 12.2. The van der Waals surface area contributed by atoms with Gasteiger partial charge in [-0.25, -0.2) is 0 Å². The second-order valence-corrected chi connectivity index (χ2v) is 7.93. The molecule has 4 aromatic carbocycles. The topological polar surface area (TPSA) is 23.2 Å². The Balaban J connectivity index is 1.58. The second-order valence-electron chi connectivity index (χ2n) is 7.93. The highest BCUT2D eigenvalue weighted by atomic mass is 16.3. The van der Waals surface area contributed by atoms with Crippen molar-refractivity contribution in [3.05, 3.63) is 144 Å². The maximum atomic E-state index is 12.2. The fourth-order valence-corrected chi connectivity index (χ4v) is 4.59. The van der Waals surface area contributed by atoms with Gasteiger partial charge in [-0.2, -0.15) is 0 Å². The van der Waals surface area contributed by atoms with Gasteiger partial charge >= 0.3 is 0 Å². The van der Waals surface area contributed by atoms with Crippen LogP contribution >= 0.6 is 0 Å². The molecule has 0 aliphatic carbocycles. The summed E-state index contributed by atoms with van der Waals surface area (Å²) in [7, 11) is 0. The van der Waals surface area contributed by atoms with Crippen LogP contribution in [0.4, 0.5) is 0 Å². The molecule has 1 fully saturated rings. The second kappa shape index (κ2) is 7.91. The molecule has 2 nitrogen and oxygen atoms in total. The van der Waals surface area contributed by atoms with E-state index in [2.05, 4.69) is 65.6 Å². The molecule has 1 aliphatic rings. The first-order chi connectivity index (χ1) is 14.8. The lowest BCUT2D eigenvalue weighted by atomic mass is 9.83. The predicted octanol–water partition coefficient (Wildman–Crippen LogP) is 5.40. The molecule has 0 radical (unpaired) electrons. The summed E-state index contributed by atoms with van der Waals surface area (Å²) in [4.78, 5) is 2.41. The zero-order valence-corrected chi connectivity index (χ0v) is 16.8. The smallest absolute Gasteiger partial charge is 0.131 e. The van der Waals surface area contributed by atoms with Crippen LogP contribution in [-0.2, 0) is 5.60 Å². The van der Waals surface area contributed by atoms with Crippen LogP contribution in [0, 0.1) is 0 Å². The molecule has 0 bridgehead atoms. The van der Waals surface area contributed by atoms with Gasteiger partial charge in [0.05, 0.1) is 12.1 Å². The molecule has 0 amide bonds. The van der Waals surface area contributed by atoms with Crippen LogP contribution < -0.4 is 0 Å². The third-order valence-corrected chi connectivity index (χ3v) is 6.12. The van der Waals surface area contributed by atoms with E-state index in [-0.39, 0.29) is 12.1 Å². The Morgan fingerprint density at radius 1 is 0.600 bits per heavy atom. The highest BCUT2D eigenvalue weighted by Crippen LogP contribution is 2.47. The minimum atomic E-state index is -1.07. The molecule has 5 rings (SSSR count). The highest BCUT2D eigenvalue weighted by molar-refractivity contribution is 5.42. The van der Waals surface area contributed by atoms with Crippen LogP contribution in [0.3, 0.4) is 0 Å². The van der Waals surface area contributed by atoms with Crippen molar-refractivity contribution in [1.82, 2.24) is 4.90 Å². The van der Waals surface area contributed by atoms with Crippen LogP contribution in [0.15, 0.2) is 121 Å². The molecule has 1 aliphatic heterocycles. The first-order valence-corrected chi connectivity index (χ1v) is 10.5. The summed E-state index contributed by atoms with van der Waals surface area (Å²) in [6.45, 7) is 0.828. The first kappa shape index (κ1) is 18.8. The first-order valence-electron chi connectivity index (χ1n) is 10.5. The average Bonchev–Trinajstić information content (AvgIpc) is 3.62. The van der Waals surface area contributed by atoms with Gasteiger partial charge in [0.15, 0.2) is 0 Å². The van der Waals surface area contributed by atoms with Crippen molar-refractivity contribution in [1.29, 1.82) is 0 Å². The summed E-state index contributed by atoms with van der Waals surface area (Å²) in [6.07, 6.45) is 0. The molecule has 148 valence electrons. The van der Waals surface area contributed by atoms with Crippen molar-refractivity contribution in [2.45, 2.75) is 17.7 Å². The van der Waals surface area contributed by atoms with Gasteiger partial charge in [-0.3, -0.25) is 4.90 Å². The number of nitrogens with zero attached hydrogens (tertiary/aromatic N) is 1. The van der Waals surface area contributed by atoms with E-state index in [1.807, 2.05) is 60.7 Å². The van der Waals surface area contributed by atoms with Gasteiger partial charge in [0.25, 0.3) is 0 Å². The Bertz CT molecular complexity index is 1000. The van der Waals surface area contributed by atoms with Crippen LogP contribution in [0.5, 0.6) is 0 Å². The van der Waals surface area contributed by atoms with Gasteiger partial charge in [-0.05, 0) is 22.3 Å². The molecular weight excluding hydrogens is 366 g/mol. The highest BCUT2D eigenvalue weighted by Gasteiger charge is 2.55. The van der Waals surface area contributed by atoms with Crippen molar-refractivity contribution in [2.75, 3.05) is 6.54 Å². The molecule has 30 heavy (non-hydrogen) atoms. The van der Waals surface area contributed by atoms with Crippen LogP contribution in [0.25, 0.3) is 0 Å². The summed E-state index contributed by atoms with van der Waals surface area (Å²) in [5.74, 6) is 0. The molecule has 1 saturated heterocycles. The molecule has 0 aromatic heterocycles. The van der Waals surface area contributed by atoms with E-state index in [1.165, 1.54) is 11.1 Å². The summed E-state index contributed by atoms with van der Waals surface area (Å²) < 4.78 is 0. The number of aliphatic hydroxyl groups is 1. The van der Waals surface area contributed by atoms with Gasteiger partial charge in [-0.1, -0.05) is 121 Å². The maximum absolute atomic E-state index is 12.2. The van der Waals surface area contributed by atoms with E-state index in [1.54, 1.807) is 0 Å². The molecule has 4 aromatic rings. The van der Waals surface area contributed by atoms with E-state index in [0.717, 1.165) is 17.7 Å². The van der Waals surface area contributed by atoms with E-state index >= 15 is 0 Å². The van der Waals surface area contributed by atoms with Crippen molar-refractivity contribution < 1.29 is 5.11 Å². The number of benzene rings is 4. The fraction of sp³-hybridized carbons (Fsp3) is 0.143. The van der Waals surface area contributed by atoms with Gasteiger partial charge < -0.3 is 5.11 Å². The average molecular weight is 392 g/mol. The third-order valence-electron chi connectivity index (χ3n) is 6.12. The van der Waals surface area contributed by atoms with Gasteiger partial charge in [-0.15, -0.1) is 0 Å². The van der Waals surface area contributed by atoms with E-state index < -0.39 is 5.60 Å². The lowest BCUT2D eigenvalue weighted by Crippen LogP contribution is -2.36. The molecule has 1 N–H and O–H groups in total. The summed E-state index contributed by atoms with van der Waals surface area (Å²) >= 11 is 0. The Hall–Kier alpha value is -3.20. The standard InChI is InChI=1S/C28H25NO/c30-28(24-17-9-3-10-18-24,25-19-11-4-12-20-25)26-21-29(26)27(22-13-5-1-6-14-22)23-15-7-2-8-16-23/h1-20,26-27,30H,21H2. The van der Waals surface area contributed by atoms with Gasteiger partial charge in [0, 0.05) is 6.54 Å². The lowest BCUT2D eigenvalue weighted by molar-refractivity contribution is 0.0613. The molecule has 0 saturated carbocycles. The molecule has 2 unspecified atom stereocenters. The molecular formula is C28H25NO. The zero-order valence-electron chi connectivity index (χ0n) is 16.8. The Morgan fingerprint density at radius 3 is 1.37 bits per heavy atom. The van der Waals surface area contributed by atoms with E-state index in [9.17, 15) is 5.11 Å².